The molecule has 2 atom stereocenters. The second kappa shape index (κ2) is 2.93. The van der Waals surface area contributed by atoms with Crippen molar-refractivity contribution < 1.29 is 0 Å². The van der Waals surface area contributed by atoms with E-state index < -0.39 is 0 Å². The SMILES string of the molecule is CC[C@](C)(Cl)[C@@H](C)Cl. The Morgan fingerprint density at radius 3 is 2.00 bits per heavy atom. The minimum absolute atomic E-state index is 0.0502. The summed E-state index contributed by atoms with van der Waals surface area (Å²) in [7, 11) is 0. The molecule has 0 fully saturated rings. The van der Waals surface area contributed by atoms with Crippen LogP contribution in [0.3, 0.4) is 0 Å². The van der Waals surface area contributed by atoms with Crippen LogP contribution in [0, 0.1) is 0 Å². The quantitative estimate of drug-likeness (QED) is 0.537. The topological polar surface area (TPSA) is 0 Å². The monoisotopic (exact) mass is 154 g/mol. The summed E-state index contributed by atoms with van der Waals surface area (Å²) in [5, 5.41) is 0.0502. The summed E-state index contributed by atoms with van der Waals surface area (Å²) in [6, 6.07) is 0. The Morgan fingerprint density at radius 1 is 1.62 bits per heavy atom. The molecular weight excluding hydrogens is 143 g/mol. The fourth-order valence-electron chi connectivity index (χ4n) is 0.281. The number of hydrogen-bond donors (Lipinski definition) is 0. The molecule has 0 aromatic rings. The molecule has 50 valence electrons. The largest absolute Gasteiger partial charge is 0.121 e. The van der Waals surface area contributed by atoms with Crippen LogP contribution in [0.2, 0.25) is 0 Å². The molecule has 0 bridgehead atoms. The molecule has 2 heteroatoms. The lowest BCUT2D eigenvalue weighted by atomic mass is 10.1. The maximum absolute atomic E-state index is 5.92. The highest BCUT2D eigenvalue weighted by atomic mass is 35.5. The van der Waals surface area contributed by atoms with E-state index in [0.717, 1.165) is 6.42 Å². The molecule has 0 unspecified atom stereocenters. The molecule has 0 aromatic heterocycles. The van der Waals surface area contributed by atoms with E-state index in [1.165, 1.54) is 0 Å². The number of rotatable bonds is 2. The van der Waals surface area contributed by atoms with E-state index in [-0.39, 0.29) is 10.3 Å². The Kier molecular flexibility index (Phi) is 3.14. The van der Waals surface area contributed by atoms with Gasteiger partial charge < -0.3 is 0 Å². The minimum Gasteiger partial charge on any atom is -0.121 e. The first-order chi connectivity index (χ1) is 3.50. The summed E-state index contributed by atoms with van der Waals surface area (Å²) in [5.41, 5.74) is 0. The van der Waals surface area contributed by atoms with Crippen molar-refractivity contribution in [2.45, 2.75) is 37.4 Å². The van der Waals surface area contributed by atoms with Gasteiger partial charge in [-0.1, -0.05) is 6.92 Å². The lowest BCUT2D eigenvalue weighted by Crippen LogP contribution is -2.25. The predicted molar refractivity (Wildman–Crippen MR) is 39.9 cm³/mol. The van der Waals surface area contributed by atoms with E-state index in [2.05, 4.69) is 0 Å². The van der Waals surface area contributed by atoms with Gasteiger partial charge in [0.1, 0.15) is 0 Å². The summed E-state index contributed by atoms with van der Waals surface area (Å²) < 4.78 is 0. The van der Waals surface area contributed by atoms with E-state index in [4.69, 9.17) is 23.2 Å². The molecule has 0 amide bonds. The van der Waals surface area contributed by atoms with Gasteiger partial charge >= 0.3 is 0 Å². The Labute approximate surface area is 61.2 Å². The van der Waals surface area contributed by atoms with Gasteiger partial charge in [-0.25, -0.2) is 0 Å². The normalized spacial score (nSPS) is 22.1. The van der Waals surface area contributed by atoms with Gasteiger partial charge in [0.2, 0.25) is 0 Å². The standard InChI is InChI=1S/C6H12Cl2/c1-4-6(3,8)5(2)7/h5H,4H2,1-3H3/t5-,6+/m1/s1. The first kappa shape index (κ1) is 8.58. The van der Waals surface area contributed by atoms with Crippen molar-refractivity contribution in [1.29, 1.82) is 0 Å². The van der Waals surface area contributed by atoms with Crippen molar-refractivity contribution in [3.63, 3.8) is 0 Å². The molecule has 0 rings (SSSR count). The molecule has 0 heterocycles. The van der Waals surface area contributed by atoms with Gasteiger partial charge in [0.15, 0.2) is 0 Å². The Balaban J connectivity index is 3.71. The molecule has 0 aliphatic carbocycles. The molecule has 0 N–H and O–H groups in total. The molecule has 0 saturated carbocycles. The van der Waals surface area contributed by atoms with Crippen molar-refractivity contribution in [3.05, 3.63) is 0 Å². The Hall–Kier alpha value is 0.580. The molecule has 0 radical (unpaired) electrons. The third-order valence-corrected chi connectivity index (χ3v) is 2.71. The van der Waals surface area contributed by atoms with Crippen molar-refractivity contribution in [1.82, 2.24) is 0 Å². The van der Waals surface area contributed by atoms with Crippen molar-refractivity contribution in [2.24, 2.45) is 0 Å². The molecular formula is C6H12Cl2. The highest BCUT2D eigenvalue weighted by molar-refractivity contribution is 6.32. The molecule has 0 nitrogen and oxygen atoms in total. The van der Waals surface area contributed by atoms with Crippen LogP contribution in [0.25, 0.3) is 0 Å². The highest BCUT2D eigenvalue weighted by Crippen LogP contribution is 2.26. The van der Waals surface area contributed by atoms with Crippen LogP contribution < -0.4 is 0 Å². The fraction of sp³-hybridized carbons (Fsp3) is 1.00. The zero-order valence-corrected chi connectivity index (χ0v) is 7.05. The highest BCUT2D eigenvalue weighted by Gasteiger charge is 2.23. The van der Waals surface area contributed by atoms with Crippen LogP contribution in [0.5, 0.6) is 0 Å². The zero-order valence-electron chi connectivity index (χ0n) is 5.54. The Bertz CT molecular complexity index is 66.9. The molecule has 0 aliphatic rings. The van der Waals surface area contributed by atoms with E-state index in [0.29, 0.717) is 0 Å². The first-order valence-electron chi connectivity index (χ1n) is 2.83. The van der Waals surface area contributed by atoms with E-state index in [1.54, 1.807) is 0 Å². The second-order valence-electron chi connectivity index (χ2n) is 2.25. The van der Waals surface area contributed by atoms with Gasteiger partial charge in [0.05, 0.1) is 4.87 Å². The maximum atomic E-state index is 5.92. The molecule has 0 aromatic carbocycles. The summed E-state index contributed by atoms with van der Waals surface area (Å²) in [6.45, 7) is 5.90. The summed E-state index contributed by atoms with van der Waals surface area (Å²) >= 11 is 11.7. The smallest absolute Gasteiger partial charge is 0.0576 e. The van der Waals surface area contributed by atoms with Crippen molar-refractivity contribution >= 4 is 23.2 Å². The third-order valence-electron chi connectivity index (χ3n) is 1.52. The van der Waals surface area contributed by atoms with Gasteiger partial charge in [0, 0.05) is 5.38 Å². The van der Waals surface area contributed by atoms with E-state index in [1.807, 2.05) is 20.8 Å². The van der Waals surface area contributed by atoms with Crippen molar-refractivity contribution in [2.75, 3.05) is 0 Å². The fourth-order valence-corrected chi connectivity index (χ4v) is 0.436. The first-order valence-corrected chi connectivity index (χ1v) is 3.65. The van der Waals surface area contributed by atoms with Crippen LogP contribution in [-0.2, 0) is 0 Å². The molecule has 0 saturated heterocycles. The van der Waals surface area contributed by atoms with Crippen LogP contribution in [-0.4, -0.2) is 10.3 Å². The van der Waals surface area contributed by atoms with Gasteiger partial charge in [-0.2, -0.15) is 0 Å². The minimum atomic E-state index is -0.221. The Morgan fingerprint density at radius 2 is 2.00 bits per heavy atom. The van der Waals surface area contributed by atoms with E-state index >= 15 is 0 Å². The summed E-state index contributed by atoms with van der Waals surface area (Å²) in [4.78, 5) is -0.221. The van der Waals surface area contributed by atoms with Crippen molar-refractivity contribution in [3.8, 4) is 0 Å². The zero-order chi connectivity index (χ0) is 6.78. The second-order valence-corrected chi connectivity index (χ2v) is 3.77. The van der Waals surface area contributed by atoms with Crippen LogP contribution in [0.4, 0.5) is 0 Å². The number of halogens is 2. The summed E-state index contributed by atoms with van der Waals surface area (Å²) in [6.07, 6.45) is 0.916. The van der Waals surface area contributed by atoms with Gasteiger partial charge in [0.25, 0.3) is 0 Å². The lowest BCUT2D eigenvalue weighted by molar-refractivity contribution is 0.595. The molecule has 8 heavy (non-hydrogen) atoms. The van der Waals surface area contributed by atoms with Gasteiger partial charge in [-0.15, -0.1) is 23.2 Å². The molecule has 0 aliphatic heterocycles. The van der Waals surface area contributed by atoms with E-state index in [9.17, 15) is 0 Å². The van der Waals surface area contributed by atoms with Crippen LogP contribution in [0.1, 0.15) is 27.2 Å². The van der Waals surface area contributed by atoms with Crippen LogP contribution in [0.15, 0.2) is 0 Å². The number of alkyl halides is 2. The molecule has 0 spiro atoms. The van der Waals surface area contributed by atoms with Gasteiger partial charge in [-0.3, -0.25) is 0 Å². The average molecular weight is 155 g/mol. The maximum Gasteiger partial charge on any atom is 0.0576 e. The van der Waals surface area contributed by atoms with Crippen LogP contribution >= 0.6 is 23.2 Å². The number of hydrogen-bond acceptors (Lipinski definition) is 0. The summed E-state index contributed by atoms with van der Waals surface area (Å²) in [5.74, 6) is 0. The predicted octanol–water partition coefficient (Wildman–Crippen LogP) is 3.02. The average Bonchev–Trinajstić information content (AvgIpc) is 1.67. The lowest BCUT2D eigenvalue weighted by Gasteiger charge is -2.21. The third kappa shape index (κ3) is 2.23. The van der Waals surface area contributed by atoms with Gasteiger partial charge in [-0.05, 0) is 20.3 Å².